The van der Waals surface area contributed by atoms with Crippen LogP contribution in [-0.4, -0.2) is 14.3 Å². The molecule has 8 heteroatoms. The fourth-order valence-electron chi connectivity index (χ4n) is 4.37. The zero-order chi connectivity index (χ0) is 29.5. The third kappa shape index (κ3) is 7.23. The second kappa shape index (κ2) is 13.3. The SMILES string of the molecule is Cc1ccc(Cl)cc1N(Cc1ccc(C(=O)Nc2ccc(CSc3ccccc3)cc2)cc1)S(=O)(=O)c1ccccc1. The smallest absolute Gasteiger partial charge is 0.264 e. The Balaban J connectivity index is 1.29. The zero-order valence-corrected chi connectivity index (χ0v) is 25.3. The summed E-state index contributed by atoms with van der Waals surface area (Å²) in [6.45, 7) is 1.92. The first kappa shape index (κ1) is 29.5. The molecule has 0 unspecified atom stereocenters. The highest BCUT2D eigenvalue weighted by atomic mass is 35.5. The normalized spacial score (nSPS) is 11.2. The zero-order valence-electron chi connectivity index (χ0n) is 22.9. The Bertz CT molecular complexity index is 1760. The Morgan fingerprint density at radius 1 is 0.786 bits per heavy atom. The van der Waals surface area contributed by atoms with Crippen molar-refractivity contribution in [1.29, 1.82) is 0 Å². The van der Waals surface area contributed by atoms with Crippen molar-refractivity contribution in [2.75, 3.05) is 9.62 Å². The number of carbonyl (C=O) groups is 1. The van der Waals surface area contributed by atoms with E-state index in [1.165, 1.54) is 9.20 Å². The van der Waals surface area contributed by atoms with Crippen molar-refractivity contribution < 1.29 is 13.2 Å². The topological polar surface area (TPSA) is 66.5 Å². The number of thioether (sulfide) groups is 1. The van der Waals surface area contributed by atoms with Crippen LogP contribution in [0.5, 0.6) is 0 Å². The molecule has 212 valence electrons. The molecule has 0 aromatic heterocycles. The molecule has 0 fully saturated rings. The van der Waals surface area contributed by atoms with Gasteiger partial charge < -0.3 is 5.32 Å². The first-order valence-corrected chi connectivity index (χ1v) is 16.1. The molecule has 0 saturated heterocycles. The molecular weight excluding hydrogens is 584 g/mol. The minimum Gasteiger partial charge on any atom is -0.322 e. The van der Waals surface area contributed by atoms with Crippen molar-refractivity contribution in [3.63, 3.8) is 0 Å². The molecule has 0 atom stereocenters. The lowest BCUT2D eigenvalue weighted by molar-refractivity contribution is 0.102. The van der Waals surface area contributed by atoms with Crippen LogP contribution in [0.1, 0.15) is 27.0 Å². The molecule has 5 aromatic carbocycles. The van der Waals surface area contributed by atoms with Crippen LogP contribution in [0, 0.1) is 6.92 Å². The minimum atomic E-state index is -3.89. The summed E-state index contributed by atoms with van der Waals surface area (Å²) in [6, 6.07) is 38.5. The number of sulfonamides is 1. The third-order valence-electron chi connectivity index (χ3n) is 6.67. The predicted molar refractivity (Wildman–Crippen MR) is 173 cm³/mol. The first-order valence-electron chi connectivity index (χ1n) is 13.3. The fraction of sp³-hybridized carbons (Fsp3) is 0.0882. The van der Waals surface area contributed by atoms with Gasteiger partial charge in [-0.3, -0.25) is 9.10 Å². The molecule has 0 spiro atoms. The Labute approximate surface area is 256 Å². The van der Waals surface area contributed by atoms with Crippen molar-refractivity contribution in [3.8, 4) is 0 Å². The number of rotatable bonds is 10. The fourth-order valence-corrected chi connectivity index (χ4v) is 6.94. The van der Waals surface area contributed by atoms with E-state index in [4.69, 9.17) is 11.6 Å². The van der Waals surface area contributed by atoms with Crippen LogP contribution < -0.4 is 9.62 Å². The van der Waals surface area contributed by atoms with E-state index >= 15 is 0 Å². The van der Waals surface area contributed by atoms with Gasteiger partial charge in [0.05, 0.1) is 17.1 Å². The average molecular weight is 613 g/mol. The highest BCUT2D eigenvalue weighted by Crippen LogP contribution is 2.31. The number of hydrogen-bond donors (Lipinski definition) is 1. The maximum atomic E-state index is 13.7. The van der Waals surface area contributed by atoms with Gasteiger partial charge in [-0.1, -0.05) is 78.3 Å². The molecule has 0 aliphatic carbocycles. The van der Waals surface area contributed by atoms with Gasteiger partial charge in [-0.25, -0.2) is 8.42 Å². The maximum absolute atomic E-state index is 13.7. The molecule has 0 radical (unpaired) electrons. The van der Waals surface area contributed by atoms with E-state index in [0.717, 1.165) is 22.4 Å². The monoisotopic (exact) mass is 612 g/mol. The van der Waals surface area contributed by atoms with Crippen molar-refractivity contribution >= 4 is 50.7 Å². The lowest BCUT2D eigenvalue weighted by Gasteiger charge is -2.26. The Kier molecular flexibility index (Phi) is 9.32. The van der Waals surface area contributed by atoms with Crippen molar-refractivity contribution in [2.24, 2.45) is 0 Å². The average Bonchev–Trinajstić information content (AvgIpc) is 3.02. The Morgan fingerprint density at radius 3 is 2.07 bits per heavy atom. The number of nitrogens with one attached hydrogen (secondary N) is 1. The van der Waals surface area contributed by atoms with Crippen LogP contribution in [-0.2, 0) is 22.3 Å². The van der Waals surface area contributed by atoms with E-state index in [2.05, 4.69) is 17.4 Å². The number of anilines is 2. The molecule has 1 N–H and O–H groups in total. The van der Waals surface area contributed by atoms with Gasteiger partial charge in [-0.2, -0.15) is 0 Å². The number of benzene rings is 5. The van der Waals surface area contributed by atoms with E-state index in [1.54, 1.807) is 84.6 Å². The van der Waals surface area contributed by atoms with Gasteiger partial charge in [-0.15, -0.1) is 11.8 Å². The Morgan fingerprint density at radius 2 is 1.40 bits per heavy atom. The summed E-state index contributed by atoms with van der Waals surface area (Å²) in [5, 5.41) is 3.38. The summed E-state index contributed by atoms with van der Waals surface area (Å²) in [7, 11) is -3.89. The summed E-state index contributed by atoms with van der Waals surface area (Å²) in [4.78, 5) is 14.4. The molecular formula is C34H29ClN2O3S2. The van der Waals surface area contributed by atoms with Crippen molar-refractivity contribution in [2.45, 2.75) is 29.0 Å². The minimum absolute atomic E-state index is 0.0722. The first-order chi connectivity index (χ1) is 20.3. The summed E-state index contributed by atoms with van der Waals surface area (Å²) < 4.78 is 28.8. The molecule has 0 aliphatic rings. The molecule has 5 nitrogen and oxygen atoms in total. The van der Waals surface area contributed by atoms with E-state index < -0.39 is 10.0 Å². The molecule has 0 bridgehead atoms. The lowest BCUT2D eigenvalue weighted by Crippen LogP contribution is -2.31. The number of carbonyl (C=O) groups excluding carboxylic acids is 1. The van der Waals surface area contributed by atoms with Gasteiger partial charge in [0.1, 0.15) is 0 Å². The number of hydrogen-bond acceptors (Lipinski definition) is 4. The van der Waals surface area contributed by atoms with Crippen LogP contribution in [0.4, 0.5) is 11.4 Å². The summed E-state index contributed by atoms with van der Waals surface area (Å²) in [6.07, 6.45) is 0. The second-order valence-corrected chi connectivity index (χ2v) is 13.1. The molecule has 42 heavy (non-hydrogen) atoms. The molecule has 0 saturated carbocycles. The van der Waals surface area contributed by atoms with Gasteiger partial charge in [0.2, 0.25) is 0 Å². The molecule has 0 aliphatic heterocycles. The van der Waals surface area contributed by atoms with Crippen LogP contribution >= 0.6 is 23.4 Å². The number of amides is 1. The van der Waals surface area contributed by atoms with Crippen LogP contribution in [0.15, 0.2) is 137 Å². The van der Waals surface area contributed by atoms with Crippen LogP contribution in [0.3, 0.4) is 0 Å². The quantitative estimate of drug-likeness (QED) is 0.160. The summed E-state index contributed by atoms with van der Waals surface area (Å²) in [5.74, 6) is 0.596. The van der Waals surface area contributed by atoms with E-state index in [9.17, 15) is 13.2 Å². The lowest BCUT2D eigenvalue weighted by atomic mass is 10.1. The van der Waals surface area contributed by atoms with Gasteiger partial charge >= 0.3 is 0 Å². The van der Waals surface area contributed by atoms with E-state index in [0.29, 0.717) is 22.0 Å². The number of halogens is 1. The maximum Gasteiger partial charge on any atom is 0.264 e. The van der Waals surface area contributed by atoms with E-state index in [-0.39, 0.29) is 17.3 Å². The third-order valence-corrected chi connectivity index (χ3v) is 9.77. The predicted octanol–water partition coefficient (Wildman–Crippen LogP) is 8.59. The number of nitrogens with zero attached hydrogens (tertiary/aromatic N) is 1. The highest BCUT2D eigenvalue weighted by molar-refractivity contribution is 7.98. The van der Waals surface area contributed by atoms with Gasteiger partial charge in [0.15, 0.2) is 0 Å². The molecule has 0 heterocycles. The van der Waals surface area contributed by atoms with Gasteiger partial charge in [-0.05, 0) is 84.3 Å². The van der Waals surface area contributed by atoms with E-state index in [1.807, 2.05) is 49.4 Å². The number of aryl methyl sites for hydroxylation is 1. The summed E-state index contributed by atoms with van der Waals surface area (Å²) >= 11 is 8.03. The van der Waals surface area contributed by atoms with Gasteiger partial charge in [0, 0.05) is 26.9 Å². The highest BCUT2D eigenvalue weighted by Gasteiger charge is 2.26. The van der Waals surface area contributed by atoms with Gasteiger partial charge in [0.25, 0.3) is 15.9 Å². The Hall–Kier alpha value is -4.04. The largest absolute Gasteiger partial charge is 0.322 e. The molecule has 1 amide bonds. The summed E-state index contributed by atoms with van der Waals surface area (Å²) in [5.41, 5.74) is 4.34. The molecule has 5 rings (SSSR count). The van der Waals surface area contributed by atoms with Crippen molar-refractivity contribution in [1.82, 2.24) is 0 Å². The second-order valence-electron chi connectivity index (χ2n) is 9.71. The van der Waals surface area contributed by atoms with Crippen LogP contribution in [0.2, 0.25) is 5.02 Å². The van der Waals surface area contributed by atoms with Crippen molar-refractivity contribution in [3.05, 3.63) is 155 Å². The standard InChI is InChI=1S/C34H29ClN2O3S2/c1-25-12-19-29(35)22-33(25)37(42(39,40)32-10-6-3-7-11-32)23-26-13-17-28(18-14-26)34(38)36-30-20-15-27(16-21-30)24-41-31-8-4-2-5-9-31/h2-22H,23-24H2,1H3,(H,36,38). The van der Waals surface area contributed by atoms with Crippen LogP contribution in [0.25, 0.3) is 0 Å². The molecule has 5 aromatic rings.